The van der Waals surface area contributed by atoms with Gasteiger partial charge in [0, 0.05) is 21.3 Å². The molecule has 9 heavy (non-hydrogen) atoms. The predicted octanol–water partition coefficient (Wildman–Crippen LogP) is 0.338. The third-order valence-electron chi connectivity index (χ3n) is 1.03. The Labute approximate surface area is 55.7 Å². The molecule has 0 aliphatic heterocycles. The van der Waals surface area contributed by atoms with Crippen molar-refractivity contribution >= 4 is 0 Å². The SMILES string of the molecule is C=C(NC)C(OC)OC. The summed E-state index contributed by atoms with van der Waals surface area (Å²) in [6.45, 7) is 3.65. The lowest BCUT2D eigenvalue weighted by Crippen LogP contribution is -2.23. The standard InChI is InChI=1S/C6H13NO2/c1-5(7-2)6(8-3)9-4/h6-7H,1H2,2-4H3. The number of ether oxygens (including phenoxy) is 2. The van der Waals surface area contributed by atoms with Crippen LogP contribution in [0.4, 0.5) is 0 Å². The van der Waals surface area contributed by atoms with E-state index in [0.29, 0.717) is 0 Å². The van der Waals surface area contributed by atoms with Crippen LogP contribution in [0.15, 0.2) is 12.3 Å². The molecule has 0 rings (SSSR count). The van der Waals surface area contributed by atoms with E-state index in [4.69, 9.17) is 9.47 Å². The van der Waals surface area contributed by atoms with Crippen LogP contribution in [0.25, 0.3) is 0 Å². The first-order chi connectivity index (χ1) is 4.26. The highest BCUT2D eigenvalue weighted by molar-refractivity contribution is 4.93. The fraction of sp³-hybridized carbons (Fsp3) is 0.667. The lowest BCUT2D eigenvalue weighted by molar-refractivity contribution is -0.0777. The summed E-state index contributed by atoms with van der Waals surface area (Å²) in [6.07, 6.45) is -0.338. The highest BCUT2D eigenvalue weighted by atomic mass is 16.7. The van der Waals surface area contributed by atoms with Gasteiger partial charge in [-0.15, -0.1) is 0 Å². The Kier molecular flexibility index (Phi) is 4.09. The Morgan fingerprint density at radius 3 is 2.00 bits per heavy atom. The third kappa shape index (κ3) is 2.49. The molecule has 0 atom stereocenters. The zero-order valence-corrected chi connectivity index (χ0v) is 6.10. The smallest absolute Gasteiger partial charge is 0.197 e. The summed E-state index contributed by atoms with van der Waals surface area (Å²) in [6, 6.07) is 0. The van der Waals surface area contributed by atoms with Crippen LogP contribution in [0.3, 0.4) is 0 Å². The number of methoxy groups -OCH3 is 2. The molecule has 0 aromatic carbocycles. The van der Waals surface area contributed by atoms with Gasteiger partial charge in [0.1, 0.15) is 0 Å². The summed E-state index contributed by atoms with van der Waals surface area (Å²) >= 11 is 0. The van der Waals surface area contributed by atoms with Crippen molar-refractivity contribution in [1.82, 2.24) is 5.32 Å². The Morgan fingerprint density at radius 2 is 1.89 bits per heavy atom. The normalized spacial score (nSPS) is 9.78. The van der Waals surface area contributed by atoms with Crippen molar-refractivity contribution in [2.45, 2.75) is 6.29 Å². The minimum atomic E-state index is -0.338. The van der Waals surface area contributed by atoms with Gasteiger partial charge in [0.15, 0.2) is 6.29 Å². The second-order valence-electron chi connectivity index (χ2n) is 1.58. The predicted molar refractivity (Wildman–Crippen MR) is 36.0 cm³/mol. The fourth-order valence-corrected chi connectivity index (χ4v) is 0.499. The number of hydrogen-bond acceptors (Lipinski definition) is 3. The molecule has 0 aliphatic rings. The van der Waals surface area contributed by atoms with Crippen LogP contribution in [-0.2, 0) is 9.47 Å². The van der Waals surface area contributed by atoms with Crippen LogP contribution in [0, 0.1) is 0 Å². The lowest BCUT2D eigenvalue weighted by atomic mass is 10.5. The van der Waals surface area contributed by atoms with Gasteiger partial charge in [-0.05, 0) is 0 Å². The van der Waals surface area contributed by atoms with E-state index in [2.05, 4.69) is 11.9 Å². The van der Waals surface area contributed by atoms with E-state index in [1.54, 1.807) is 21.3 Å². The topological polar surface area (TPSA) is 30.5 Å². The Bertz CT molecular complexity index is 89.1. The van der Waals surface area contributed by atoms with Gasteiger partial charge in [-0.1, -0.05) is 6.58 Å². The molecule has 0 saturated carbocycles. The van der Waals surface area contributed by atoms with Crippen LogP contribution in [-0.4, -0.2) is 27.6 Å². The summed E-state index contributed by atoms with van der Waals surface area (Å²) < 4.78 is 9.74. The van der Waals surface area contributed by atoms with Crippen LogP contribution < -0.4 is 5.32 Å². The Hall–Kier alpha value is -0.540. The number of likely N-dealkylation sites (N-methyl/N-ethyl adjacent to an activating group) is 1. The highest BCUT2D eigenvalue weighted by Gasteiger charge is 2.06. The summed E-state index contributed by atoms with van der Waals surface area (Å²) in [4.78, 5) is 0. The van der Waals surface area contributed by atoms with Crippen molar-refractivity contribution in [2.75, 3.05) is 21.3 Å². The van der Waals surface area contributed by atoms with Gasteiger partial charge in [-0.3, -0.25) is 0 Å². The molecule has 0 aromatic rings. The van der Waals surface area contributed by atoms with Gasteiger partial charge in [-0.2, -0.15) is 0 Å². The monoisotopic (exact) mass is 131 g/mol. The fourth-order valence-electron chi connectivity index (χ4n) is 0.499. The molecule has 54 valence electrons. The van der Waals surface area contributed by atoms with E-state index in [1.807, 2.05) is 0 Å². The van der Waals surface area contributed by atoms with E-state index >= 15 is 0 Å². The molecule has 0 aromatic heterocycles. The molecular weight excluding hydrogens is 118 g/mol. The van der Waals surface area contributed by atoms with Crippen molar-refractivity contribution in [3.8, 4) is 0 Å². The third-order valence-corrected chi connectivity index (χ3v) is 1.03. The molecule has 0 unspecified atom stereocenters. The van der Waals surface area contributed by atoms with Crippen molar-refractivity contribution in [3.63, 3.8) is 0 Å². The maximum absolute atomic E-state index is 4.87. The zero-order chi connectivity index (χ0) is 7.28. The Balaban J connectivity index is 3.64. The minimum Gasteiger partial charge on any atom is -0.388 e. The van der Waals surface area contributed by atoms with Gasteiger partial charge in [0.05, 0.1) is 5.70 Å². The average Bonchev–Trinajstić information content (AvgIpc) is 1.90. The molecule has 3 heteroatoms. The first kappa shape index (κ1) is 8.46. The van der Waals surface area contributed by atoms with Gasteiger partial charge in [0.25, 0.3) is 0 Å². The van der Waals surface area contributed by atoms with Gasteiger partial charge < -0.3 is 14.8 Å². The van der Waals surface area contributed by atoms with Crippen LogP contribution >= 0.6 is 0 Å². The van der Waals surface area contributed by atoms with Crippen molar-refractivity contribution in [3.05, 3.63) is 12.3 Å². The average molecular weight is 131 g/mol. The highest BCUT2D eigenvalue weighted by Crippen LogP contribution is 1.98. The quantitative estimate of drug-likeness (QED) is 0.558. The summed E-state index contributed by atoms with van der Waals surface area (Å²) in [7, 11) is 4.90. The number of nitrogens with one attached hydrogen (secondary N) is 1. The molecule has 1 N–H and O–H groups in total. The molecule has 3 nitrogen and oxygen atoms in total. The van der Waals surface area contributed by atoms with Crippen molar-refractivity contribution < 1.29 is 9.47 Å². The van der Waals surface area contributed by atoms with Crippen LogP contribution in [0.5, 0.6) is 0 Å². The van der Waals surface area contributed by atoms with E-state index < -0.39 is 0 Å². The maximum Gasteiger partial charge on any atom is 0.197 e. The second-order valence-corrected chi connectivity index (χ2v) is 1.58. The van der Waals surface area contributed by atoms with Crippen molar-refractivity contribution in [1.29, 1.82) is 0 Å². The molecule has 0 fully saturated rings. The van der Waals surface area contributed by atoms with E-state index in [-0.39, 0.29) is 6.29 Å². The molecule has 0 spiro atoms. The molecule has 0 aliphatic carbocycles. The maximum atomic E-state index is 4.87. The van der Waals surface area contributed by atoms with Crippen LogP contribution in [0.2, 0.25) is 0 Å². The molecule has 0 saturated heterocycles. The number of rotatable bonds is 4. The Morgan fingerprint density at radius 1 is 1.44 bits per heavy atom. The first-order valence-corrected chi connectivity index (χ1v) is 2.68. The van der Waals surface area contributed by atoms with E-state index in [1.165, 1.54) is 0 Å². The van der Waals surface area contributed by atoms with E-state index in [0.717, 1.165) is 5.70 Å². The first-order valence-electron chi connectivity index (χ1n) is 2.68. The van der Waals surface area contributed by atoms with Gasteiger partial charge >= 0.3 is 0 Å². The zero-order valence-electron chi connectivity index (χ0n) is 6.10. The summed E-state index contributed by atoms with van der Waals surface area (Å²) in [5, 5.41) is 2.82. The largest absolute Gasteiger partial charge is 0.388 e. The van der Waals surface area contributed by atoms with Crippen molar-refractivity contribution in [2.24, 2.45) is 0 Å². The molecule has 0 amide bonds. The molecular formula is C6H13NO2. The lowest BCUT2D eigenvalue weighted by Gasteiger charge is -2.14. The molecule has 0 radical (unpaired) electrons. The second kappa shape index (κ2) is 4.35. The van der Waals surface area contributed by atoms with Gasteiger partial charge in [-0.25, -0.2) is 0 Å². The minimum absolute atomic E-state index is 0.338. The number of hydrogen-bond donors (Lipinski definition) is 1. The van der Waals surface area contributed by atoms with E-state index in [9.17, 15) is 0 Å². The van der Waals surface area contributed by atoms with Crippen LogP contribution in [0.1, 0.15) is 0 Å². The molecule has 0 bridgehead atoms. The molecule has 0 heterocycles. The van der Waals surface area contributed by atoms with Gasteiger partial charge in [0.2, 0.25) is 0 Å². The summed E-state index contributed by atoms with van der Waals surface area (Å²) in [5.74, 6) is 0. The summed E-state index contributed by atoms with van der Waals surface area (Å²) in [5.41, 5.74) is 0.722.